The van der Waals surface area contributed by atoms with Crippen LogP contribution >= 0.6 is 15.9 Å². The van der Waals surface area contributed by atoms with E-state index >= 15 is 0 Å². The van der Waals surface area contributed by atoms with Crippen LogP contribution in [-0.2, 0) is 4.74 Å². The molecule has 0 saturated carbocycles. The van der Waals surface area contributed by atoms with Crippen molar-refractivity contribution in [3.8, 4) is 11.5 Å². The van der Waals surface area contributed by atoms with Crippen molar-refractivity contribution in [3.05, 3.63) is 39.9 Å². The summed E-state index contributed by atoms with van der Waals surface area (Å²) in [5.41, 5.74) is 0.548. The van der Waals surface area contributed by atoms with Gasteiger partial charge in [-0.05, 0) is 48.0 Å². The molecule has 1 aromatic heterocycles. The van der Waals surface area contributed by atoms with Gasteiger partial charge in [0.1, 0.15) is 11.6 Å². The van der Waals surface area contributed by atoms with Gasteiger partial charge in [-0.1, -0.05) is 0 Å². The fourth-order valence-corrected chi connectivity index (χ4v) is 1.98. The van der Waals surface area contributed by atoms with E-state index in [4.69, 9.17) is 9.15 Å². The topological polar surface area (TPSA) is 52.3 Å². The second kappa shape index (κ2) is 5.52. The average molecular weight is 328 g/mol. The number of rotatable bonds is 3. The second-order valence-corrected chi connectivity index (χ2v) is 4.62. The van der Waals surface area contributed by atoms with Gasteiger partial charge in [0.05, 0.1) is 12.2 Å². The summed E-state index contributed by atoms with van der Waals surface area (Å²) in [6, 6.07) is 4.15. The number of oxazole rings is 1. The molecule has 4 nitrogen and oxygen atoms in total. The normalized spacial score (nSPS) is 10.5. The molecule has 0 fully saturated rings. The van der Waals surface area contributed by atoms with Gasteiger partial charge in [-0.25, -0.2) is 14.2 Å². The van der Waals surface area contributed by atoms with Gasteiger partial charge in [-0.3, -0.25) is 0 Å². The van der Waals surface area contributed by atoms with Crippen LogP contribution in [0.15, 0.2) is 27.1 Å². The molecule has 0 atom stereocenters. The molecule has 2 aromatic rings. The Labute approximate surface area is 117 Å². The van der Waals surface area contributed by atoms with Crippen LogP contribution in [0.1, 0.15) is 23.2 Å². The fraction of sp³-hybridized carbons (Fsp3) is 0.231. The standard InChI is InChI=1S/C13H11BrFNO3/c1-3-18-13(17)11-7(2)19-12(16-11)9-6-8(15)4-5-10(9)14/h4-6H,3H2,1-2H3. The number of benzene rings is 1. The third-order valence-corrected chi connectivity index (χ3v) is 3.12. The number of aromatic nitrogens is 1. The Balaban J connectivity index is 2.44. The van der Waals surface area contributed by atoms with E-state index in [-0.39, 0.29) is 18.2 Å². The van der Waals surface area contributed by atoms with Gasteiger partial charge in [0.15, 0.2) is 5.69 Å². The minimum absolute atomic E-state index is 0.105. The number of ether oxygens (including phenoxy) is 1. The molecule has 0 aliphatic carbocycles. The third kappa shape index (κ3) is 2.84. The highest BCUT2D eigenvalue weighted by Gasteiger charge is 2.20. The quantitative estimate of drug-likeness (QED) is 0.806. The molecule has 0 saturated heterocycles. The molecule has 100 valence electrons. The van der Waals surface area contributed by atoms with Crippen molar-refractivity contribution in [2.24, 2.45) is 0 Å². The van der Waals surface area contributed by atoms with Crippen LogP contribution in [0.3, 0.4) is 0 Å². The summed E-state index contributed by atoms with van der Waals surface area (Å²) < 4.78 is 24.1. The summed E-state index contributed by atoms with van der Waals surface area (Å²) >= 11 is 3.29. The van der Waals surface area contributed by atoms with E-state index in [1.165, 1.54) is 12.1 Å². The van der Waals surface area contributed by atoms with Crippen molar-refractivity contribution in [2.45, 2.75) is 13.8 Å². The average Bonchev–Trinajstić information content (AvgIpc) is 2.74. The molecule has 0 amide bonds. The molecule has 0 N–H and O–H groups in total. The van der Waals surface area contributed by atoms with Crippen LogP contribution in [0.25, 0.3) is 11.5 Å². The van der Waals surface area contributed by atoms with Crippen LogP contribution in [-0.4, -0.2) is 17.6 Å². The Hall–Kier alpha value is -1.69. The van der Waals surface area contributed by atoms with E-state index in [0.717, 1.165) is 0 Å². The Bertz CT molecular complexity index is 624. The number of hydrogen-bond acceptors (Lipinski definition) is 4. The minimum Gasteiger partial charge on any atom is -0.461 e. The van der Waals surface area contributed by atoms with Crippen molar-refractivity contribution < 1.29 is 18.3 Å². The van der Waals surface area contributed by atoms with Crippen LogP contribution in [0.4, 0.5) is 4.39 Å². The monoisotopic (exact) mass is 327 g/mol. The molecule has 6 heteroatoms. The van der Waals surface area contributed by atoms with Crippen LogP contribution in [0, 0.1) is 12.7 Å². The fourth-order valence-electron chi connectivity index (χ4n) is 1.56. The number of carbonyl (C=O) groups is 1. The highest BCUT2D eigenvalue weighted by Crippen LogP contribution is 2.29. The Morgan fingerprint density at radius 1 is 1.53 bits per heavy atom. The maximum atomic E-state index is 13.2. The first-order chi connectivity index (χ1) is 9.02. The molecule has 0 unspecified atom stereocenters. The molecule has 0 radical (unpaired) electrons. The molecule has 0 bridgehead atoms. The number of aryl methyl sites for hydroxylation is 1. The van der Waals surface area contributed by atoms with E-state index in [2.05, 4.69) is 20.9 Å². The number of carbonyl (C=O) groups excluding carboxylic acids is 1. The first-order valence-corrected chi connectivity index (χ1v) is 6.42. The molecule has 0 spiro atoms. The predicted molar refractivity (Wildman–Crippen MR) is 70.3 cm³/mol. The lowest BCUT2D eigenvalue weighted by atomic mass is 10.2. The van der Waals surface area contributed by atoms with Crippen molar-refractivity contribution in [1.29, 1.82) is 0 Å². The van der Waals surface area contributed by atoms with E-state index < -0.39 is 11.8 Å². The lowest BCUT2D eigenvalue weighted by molar-refractivity contribution is 0.0518. The molecule has 19 heavy (non-hydrogen) atoms. The van der Waals surface area contributed by atoms with Gasteiger partial charge in [0, 0.05) is 4.47 Å². The van der Waals surface area contributed by atoms with Gasteiger partial charge in [0.25, 0.3) is 0 Å². The molecule has 1 heterocycles. The zero-order chi connectivity index (χ0) is 14.0. The zero-order valence-electron chi connectivity index (χ0n) is 10.4. The SMILES string of the molecule is CCOC(=O)c1nc(-c2cc(F)ccc2Br)oc1C. The summed E-state index contributed by atoms with van der Waals surface area (Å²) in [7, 11) is 0. The smallest absolute Gasteiger partial charge is 0.360 e. The summed E-state index contributed by atoms with van der Waals surface area (Å²) in [6.07, 6.45) is 0. The minimum atomic E-state index is -0.553. The predicted octanol–water partition coefficient (Wildman–Crippen LogP) is 3.73. The van der Waals surface area contributed by atoms with Crippen LogP contribution in [0.2, 0.25) is 0 Å². The van der Waals surface area contributed by atoms with Crippen molar-refractivity contribution in [2.75, 3.05) is 6.61 Å². The molecular weight excluding hydrogens is 317 g/mol. The zero-order valence-corrected chi connectivity index (χ0v) is 12.0. The maximum Gasteiger partial charge on any atom is 0.360 e. The number of esters is 1. The molecule has 0 aliphatic heterocycles. The third-order valence-electron chi connectivity index (χ3n) is 2.42. The van der Waals surface area contributed by atoms with Crippen molar-refractivity contribution >= 4 is 21.9 Å². The highest BCUT2D eigenvalue weighted by molar-refractivity contribution is 9.10. The van der Waals surface area contributed by atoms with Gasteiger partial charge >= 0.3 is 5.97 Å². The molecular formula is C13H11BrFNO3. The largest absolute Gasteiger partial charge is 0.461 e. The van der Waals surface area contributed by atoms with E-state index in [0.29, 0.717) is 15.8 Å². The van der Waals surface area contributed by atoms with E-state index in [1.807, 2.05) is 0 Å². The first kappa shape index (κ1) is 13.7. The summed E-state index contributed by atoms with van der Waals surface area (Å²) in [5.74, 6) is -0.453. The number of nitrogens with zero attached hydrogens (tertiary/aromatic N) is 1. The van der Waals surface area contributed by atoms with Gasteiger partial charge in [-0.15, -0.1) is 0 Å². The maximum absolute atomic E-state index is 13.2. The second-order valence-electron chi connectivity index (χ2n) is 3.77. The van der Waals surface area contributed by atoms with E-state index in [1.54, 1.807) is 19.9 Å². The van der Waals surface area contributed by atoms with Gasteiger partial charge in [-0.2, -0.15) is 0 Å². The van der Waals surface area contributed by atoms with Crippen molar-refractivity contribution in [1.82, 2.24) is 4.98 Å². The summed E-state index contributed by atoms with van der Waals surface area (Å²) in [4.78, 5) is 15.7. The van der Waals surface area contributed by atoms with Crippen molar-refractivity contribution in [3.63, 3.8) is 0 Å². The van der Waals surface area contributed by atoms with Crippen LogP contribution in [0.5, 0.6) is 0 Å². The molecule has 0 aliphatic rings. The first-order valence-electron chi connectivity index (χ1n) is 5.63. The van der Waals surface area contributed by atoms with Gasteiger partial charge < -0.3 is 9.15 Å². The summed E-state index contributed by atoms with van der Waals surface area (Å²) in [5, 5.41) is 0. The number of hydrogen-bond donors (Lipinski definition) is 0. The lowest BCUT2D eigenvalue weighted by Crippen LogP contribution is -2.06. The van der Waals surface area contributed by atoms with E-state index in [9.17, 15) is 9.18 Å². The van der Waals surface area contributed by atoms with Gasteiger partial charge in [0.2, 0.25) is 5.89 Å². The Kier molecular flexibility index (Phi) is 3.99. The number of halogens is 2. The highest BCUT2D eigenvalue weighted by atomic mass is 79.9. The molecule has 1 aromatic carbocycles. The lowest BCUT2D eigenvalue weighted by Gasteiger charge is -1.99. The Morgan fingerprint density at radius 3 is 2.95 bits per heavy atom. The molecule has 2 rings (SSSR count). The summed E-state index contributed by atoms with van der Waals surface area (Å²) in [6.45, 7) is 3.57. The Morgan fingerprint density at radius 2 is 2.26 bits per heavy atom. The van der Waals surface area contributed by atoms with Crippen LogP contribution < -0.4 is 0 Å².